The zero-order valence-corrected chi connectivity index (χ0v) is 11.7. The number of nitro groups is 1. The van der Waals surface area contributed by atoms with E-state index in [1.165, 1.54) is 12.1 Å². The predicted molar refractivity (Wildman–Crippen MR) is 76.9 cm³/mol. The van der Waals surface area contributed by atoms with E-state index in [9.17, 15) is 10.1 Å². The van der Waals surface area contributed by atoms with Crippen molar-refractivity contribution in [2.45, 2.75) is 26.5 Å². The number of aliphatic hydroxyl groups is 1. The Kier molecular flexibility index (Phi) is 4.83. The Morgan fingerprint density at radius 1 is 1.48 bits per heavy atom. The fourth-order valence-electron chi connectivity index (χ4n) is 2.03. The SMILES string of the molecule is CCc1nncn1CCNc1cc(CO)ccc1[N+](=O)[O-]. The molecule has 112 valence electrons. The number of nitrogens with one attached hydrogen (secondary N) is 1. The van der Waals surface area contributed by atoms with E-state index in [0.717, 1.165) is 12.2 Å². The highest BCUT2D eigenvalue weighted by atomic mass is 16.6. The second-order valence-electron chi connectivity index (χ2n) is 4.49. The second kappa shape index (κ2) is 6.80. The van der Waals surface area contributed by atoms with Gasteiger partial charge in [-0.3, -0.25) is 10.1 Å². The standard InChI is InChI=1S/C13H17N5O3/c1-2-13-16-15-9-17(13)6-5-14-11-7-10(8-19)3-4-12(11)18(20)21/h3-4,7,9,14,19H,2,5-6,8H2,1H3. The van der Waals surface area contributed by atoms with Gasteiger partial charge in [0.15, 0.2) is 0 Å². The van der Waals surface area contributed by atoms with E-state index in [1.54, 1.807) is 12.4 Å². The smallest absolute Gasteiger partial charge is 0.292 e. The van der Waals surface area contributed by atoms with E-state index in [0.29, 0.717) is 24.3 Å². The van der Waals surface area contributed by atoms with Crippen LogP contribution < -0.4 is 5.32 Å². The molecule has 0 atom stereocenters. The van der Waals surface area contributed by atoms with Gasteiger partial charge in [0.1, 0.15) is 17.8 Å². The van der Waals surface area contributed by atoms with Crippen molar-refractivity contribution in [3.63, 3.8) is 0 Å². The van der Waals surface area contributed by atoms with E-state index in [-0.39, 0.29) is 12.3 Å². The molecule has 0 unspecified atom stereocenters. The summed E-state index contributed by atoms with van der Waals surface area (Å²) < 4.78 is 1.90. The molecule has 0 aliphatic carbocycles. The number of benzene rings is 1. The number of nitro benzene ring substituents is 1. The van der Waals surface area contributed by atoms with Crippen molar-refractivity contribution in [3.05, 3.63) is 46.0 Å². The average Bonchev–Trinajstić information content (AvgIpc) is 2.94. The quantitative estimate of drug-likeness (QED) is 0.589. The lowest BCUT2D eigenvalue weighted by Crippen LogP contribution is -2.13. The molecule has 0 radical (unpaired) electrons. The van der Waals surface area contributed by atoms with E-state index in [1.807, 2.05) is 11.5 Å². The summed E-state index contributed by atoms with van der Waals surface area (Å²) in [6.45, 7) is 2.94. The Hall–Kier alpha value is -2.48. The maximum atomic E-state index is 11.0. The molecule has 8 nitrogen and oxygen atoms in total. The highest BCUT2D eigenvalue weighted by molar-refractivity contribution is 5.62. The second-order valence-corrected chi connectivity index (χ2v) is 4.49. The fourth-order valence-corrected chi connectivity index (χ4v) is 2.03. The van der Waals surface area contributed by atoms with E-state index in [4.69, 9.17) is 5.11 Å². The monoisotopic (exact) mass is 291 g/mol. The molecule has 2 rings (SSSR count). The summed E-state index contributed by atoms with van der Waals surface area (Å²) >= 11 is 0. The summed E-state index contributed by atoms with van der Waals surface area (Å²) in [4.78, 5) is 10.5. The number of aliphatic hydroxyl groups excluding tert-OH is 1. The first-order chi connectivity index (χ1) is 10.2. The van der Waals surface area contributed by atoms with Crippen molar-refractivity contribution < 1.29 is 10.0 Å². The van der Waals surface area contributed by atoms with Crippen molar-refractivity contribution in [1.29, 1.82) is 0 Å². The molecule has 0 aliphatic rings. The lowest BCUT2D eigenvalue weighted by atomic mass is 10.2. The molecule has 1 heterocycles. The van der Waals surface area contributed by atoms with Gasteiger partial charge >= 0.3 is 0 Å². The van der Waals surface area contributed by atoms with Crippen molar-refractivity contribution in [2.24, 2.45) is 0 Å². The van der Waals surface area contributed by atoms with Crippen LogP contribution in [0, 0.1) is 10.1 Å². The van der Waals surface area contributed by atoms with Crippen LogP contribution in [0.15, 0.2) is 24.5 Å². The molecule has 0 aliphatic heterocycles. The first-order valence-electron chi connectivity index (χ1n) is 6.64. The maximum absolute atomic E-state index is 11.0. The van der Waals surface area contributed by atoms with E-state index in [2.05, 4.69) is 15.5 Å². The third kappa shape index (κ3) is 3.54. The molecular weight excluding hydrogens is 274 g/mol. The van der Waals surface area contributed by atoms with Crippen molar-refractivity contribution >= 4 is 11.4 Å². The van der Waals surface area contributed by atoms with Crippen LogP contribution in [0.4, 0.5) is 11.4 Å². The van der Waals surface area contributed by atoms with Gasteiger partial charge in [0.25, 0.3) is 5.69 Å². The molecule has 0 fully saturated rings. The van der Waals surface area contributed by atoms with E-state index < -0.39 is 4.92 Å². The Balaban J connectivity index is 2.06. The fraction of sp³-hybridized carbons (Fsp3) is 0.385. The molecule has 0 saturated carbocycles. The van der Waals surface area contributed by atoms with Gasteiger partial charge in [0, 0.05) is 25.6 Å². The number of aromatic nitrogens is 3. The van der Waals surface area contributed by atoms with Gasteiger partial charge < -0.3 is 15.0 Å². The first-order valence-corrected chi connectivity index (χ1v) is 6.64. The van der Waals surface area contributed by atoms with Gasteiger partial charge in [-0.15, -0.1) is 10.2 Å². The Labute approximate surface area is 121 Å². The summed E-state index contributed by atoms with van der Waals surface area (Å²) in [7, 11) is 0. The van der Waals surface area contributed by atoms with Crippen LogP contribution >= 0.6 is 0 Å². The zero-order chi connectivity index (χ0) is 15.2. The summed E-state index contributed by atoms with van der Waals surface area (Å²) in [6, 6.07) is 4.52. The average molecular weight is 291 g/mol. The van der Waals surface area contributed by atoms with Crippen LogP contribution in [0.3, 0.4) is 0 Å². The minimum absolute atomic E-state index is 0.00771. The van der Waals surface area contributed by atoms with Crippen LogP contribution in [0.5, 0.6) is 0 Å². The molecule has 2 N–H and O–H groups in total. The van der Waals surface area contributed by atoms with Crippen LogP contribution in [0.25, 0.3) is 0 Å². The van der Waals surface area contributed by atoms with Crippen molar-refractivity contribution in [1.82, 2.24) is 14.8 Å². The normalized spacial score (nSPS) is 10.6. The van der Waals surface area contributed by atoms with Gasteiger partial charge in [-0.05, 0) is 17.7 Å². The molecule has 8 heteroatoms. The van der Waals surface area contributed by atoms with E-state index >= 15 is 0 Å². The third-order valence-electron chi connectivity index (χ3n) is 3.12. The predicted octanol–water partition coefficient (Wildman–Crippen LogP) is 1.35. The summed E-state index contributed by atoms with van der Waals surface area (Å²) in [5.74, 6) is 0.871. The molecule has 1 aromatic heterocycles. The van der Waals surface area contributed by atoms with Gasteiger partial charge in [-0.1, -0.05) is 6.92 Å². The molecular formula is C13H17N5O3. The molecule has 21 heavy (non-hydrogen) atoms. The zero-order valence-electron chi connectivity index (χ0n) is 11.7. The minimum atomic E-state index is -0.445. The van der Waals surface area contributed by atoms with Crippen LogP contribution in [-0.4, -0.2) is 31.3 Å². The number of nitrogens with zero attached hydrogens (tertiary/aromatic N) is 4. The lowest BCUT2D eigenvalue weighted by molar-refractivity contribution is -0.384. The largest absolute Gasteiger partial charge is 0.392 e. The molecule has 0 bridgehead atoms. The number of rotatable bonds is 7. The van der Waals surface area contributed by atoms with Gasteiger partial charge in [0.2, 0.25) is 0 Å². The topological polar surface area (TPSA) is 106 Å². The van der Waals surface area contributed by atoms with Crippen molar-refractivity contribution in [3.8, 4) is 0 Å². The van der Waals surface area contributed by atoms with Crippen LogP contribution in [0.2, 0.25) is 0 Å². The lowest BCUT2D eigenvalue weighted by Gasteiger charge is -2.10. The Morgan fingerprint density at radius 2 is 2.29 bits per heavy atom. The highest BCUT2D eigenvalue weighted by Gasteiger charge is 2.13. The third-order valence-corrected chi connectivity index (χ3v) is 3.12. The number of aryl methyl sites for hydroxylation is 1. The number of hydrogen-bond donors (Lipinski definition) is 2. The minimum Gasteiger partial charge on any atom is -0.392 e. The highest BCUT2D eigenvalue weighted by Crippen LogP contribution is 2.25. The molecule has 0 amide bonds. The first kappa shape index (κ1) is 14.9. The number of hydrogen-bond acceptors (Lipinski definition) is 6. The van der Waals surface area contributed by atoms with Gasteiger partial charge in [0.05, 0.1) is 11.5 Å². The maximum Gasteiger partial charge on any atom is 0.292 e. The number of anilines is 1. The van der Waals surface area contributed by atoms with Gasteiger partial charge in [-0.2, -0.15) is 0 Å². The van der Waals surface area contributed by atoms with Crippen LogP contribution in [-0.2, 0) is 19.6 Å². The van der Waals surface area contributed by atoms with Crippen LogP contribution in [0.1, 0.15) is 18.3 Å². The molecule has 2 aromatic rings. The molecule has 0 spiro atoms. The molecule has 1 aromatic carbocycles. The summed E-state index contributed by atoms with van der Waals surface area (Å²) in [5, 5.41) is 31.0. The van der Waals surface area contributed by atoms with Gasteiger partial charge in [-0.25, -0.2) is 0 Å². The Bertz CT molecular complexity index is 626. The summed E-state index contributed by atoms with van der Waals surface area (Å²) in [6.07, 6.45) is 2.42. The summed E-state index contributed by atoms with van der Waals surface area (Å²) in [5.41, 5.74) is 1.02. The molecule has 0 saturated heterocycles. The van der Waals surface area contributed by atoms with Crippen molar-refractivity contribution in [2.75, 3.05) is 11.9 Å². The Morgan fingerprint density at radius 3 is 2.95 bits per heavy atom.